The molecule has 5 heteroatoms. The molecule has 15 heavy (non-hydrogen) atoms. The number of pyridine rings is 2. The van der Waals surface area contributed by atoms with Crippen LogP contribution >= 0.6 is 7.14 Å². The van der Waals surface area contributed by atoms with Crippen LogP contribution in [-0.4, -0.2) is 23.3 Å². The zero-order valence-corrected chi connectivity index (χ0v) is 9.53. The van der Waals surface area contributed by atoms with Gasteiger partial charge < -0.3 is 10.3 Å². The summed E-state index contributed by atoms with van der Waals surface area (Å²) < 4.78 is 12.1. The fourth-order valence-corrected chi connectivity index (χ4v) is 3.09. The Hall–Kier alpha value is -1.41. The summed E-state index contributed by atoms with van der Waals surface area (Å²) in [6.45, 7) is 3.41. The molecule has 0 amide bonds. The fourth-order valence-electron chi connectivity index (χ4n) is 1.65. The largest absolute Gasteiger partial charge is 0.397 e. The molecule has 2 aromatic heterocycles. The van der Waals surface area contributed by atoms with Gasteiger partial charge in [0.2, 0.25) is 0 Å². The van der Waals surface area contributed by atoms with Gasteiger partial charge in [0.25, 0.3) is 0 Å². The monoisotopic (exact) mass is 221 g/mol. The number of anilines is 1. The summed E-state index contributed by atoms with van der Waals surface area (Å²) in [5.74, 6) is 0. The van der Waals surface area contributed by atoms with Crippen molar-refractivity contribution in [1.29, 1.82) is 0 Å². The van der Waals surface area contributed by atoms with E-state index in [0.29, 0.717) is 11.0 Å². The van der Waals surface area contributed by atoms with Gasteiger partial charge in [0, 0.05) is 16.9 Å². The summed E-state index contributed by atoms with van der Waals surface area (Å²) in [6, 6.07) is 1.80. The maximum absolute atomic E-state index is 12.1. The fraction of sp³-hybridized carbons (Fsp3) is 0.200. The van der Waals surface area contributed by atoms with Crippen molar-refractivity contribution in [3.8, 4) is 0 Å². The van der Waals surface area contributed by atoms with Crippen LogP contribution in [0, 0.1) is 0 Å². The van der Waals surface area contributed by atoms with Gasteiger partial charge in [0.15, 0.2) is 0 Å². The van der Waals surface area contributed by atoms with E-state index in [0.717, 1.165) is 10.9 Å². The van der Waals surface area contributed by atoms with E-state index in [1.165, 1.54) is 0 Å². The molecular weight excluding hydrogens is 209 g/mol. The molecule has 78 valence electrons. The summed E-state index contributed by atoms with van der Waals surface area (Å²) in [4.78, 5) is 8.12. The first kappa shape index (κ1) is 10.1. The Balaban J connectivity index is 2.92. The van der Waals surface area contributed by atoms with E-state index < -0.39 is 7.14 Å². The molecule has 0 unspecified atom stereocenters. The number of nitrogen functional groups attached to an aromatic ring is 1. The average molecular weight is 221 g/mol. The standard InChI is InChI=1S/C10H12N3OP/c1-15(2,14)10-7-3-4-12-6-9(7)13-5-8(10)11/h3-6H,11H2,1-2H3. The number of hydrogen-bond acceptors (Lipinski definition) is 4. The van der Waals surface area contributed by atoms with Gasteiger partial charge >= 0.3 is 0 Å². The van der Waals surface area contributed by atoms with Crippen LogP contribution in [0.5, 0.6) is 0 Å². The third-order valence-corrected chi connectivity index (χ3v) is 3.79. The van der Waals surface area contributed by atoms with Gasteiger partial charge in [0.1, 0.15) is 7.14 Å². The average Bonchev–Trinajstić information content (AvgIpc) is 2.15. The molecule has 0 saturated carbocycles. The van der Waals surface area contributed by atoms with Crippen molar-refractivity contribution >= 4 is 29.0 Å². The Kier molecular flexibility index (Phi) is 2.24. The van der Waals surface area contributed by atoms with E-state index in [2.05, 4.69) is 9.97 Å². The Labute approximate surface area is 87.9 Å². The van der Waals surface area contributed by atoms with E-state index in [-0.39, 0.29) is 0 Å². The minimum Gasteiger partial charge on any atom is -0.397 e. The van der Waals surface area contributed by atoms with Crippen molar-refractivity contribution in [1.82, 2.24) is 9.97 Å². The molecule has 2 N–H and O–H groups in total. The maximum Gasteiger partial charge on any atom is 0.112 e. The predicted molar refractivity (Wildman–Crippen MR) is 63.0 cm³/mol. The number of hydrogen-bond donors (Lipinski definition) is 1. The van der Waals surface area contributed by atoms with Crippen LogP contribution in [0.1, 0.15) is 0 Å². The van der Waals surface area contributed by atoms with E-state index >= 15 is 0 Å². The van der Waals surface area contributed by atoms with Gasteiger partial charge in [-0.1, -0.05) is 0 Å². The third-order valence-electron chi connectivity index (χ3n) is 2.21. The molecule has 0 aliphatic heterocycles. The van der Waals surface area contributed by atoms with Crippen molar-refractivity contribution in [2.75, 3.05) is 19.1 Å². The summed E-state index contributed by atoms with van der Waals surface area (Å²) >= 11 is 0. The zero-order chi connectivity index (χ0) is 11.1. The quantitative estimate of drug-likeness (QED) is 0.740. The molecule has 2 rings (SSSR count). The molecule has 2 heterocycles. The van der Waals surface area contributed by atoms with Crippen LogP contribution in [0.2, 0.25) is 0 Å². The summed E-state index contributed by atoms with van der Waals surface area (Å²) in [6.07, 6.45) is 4.84. The highest BCUT2D eigenvalue weighted by Crippen LogP contribution is 2.39. The van der Waals surface area contributed by atoms with Crippen molar-refractivity contribution in [3.05, 3.63) is 24.7 Å². The molecule has 0 atom stereocenters. The number of fused-ring (bicyclic) bond motifs is 1. The van der Waals surface area contributed by atoms with Gasteiger partial charge in [-0.3, -0.25) is 9.97 Å². The van der Waals surface area contributed by atoms with Crippen LogP contribution in [0.15, 0.2) is 24.7 Å². The first-order valence-electron chi connectivity index (χ1n) is 4.54. The topological polar surface area (TPSA) is 68.9 Å². The molecule has 0 aromatic carbocycles. The van der Waals surface area contributed by atoms with Crippen LogP contribution in [0.4, 0.5) is 5.69 Å². The van der Waals surface area contributed by atoms with Crippen molar-refractivity contribution in [3.63, 3.8) is 0 Å². The molecule has 0 bridgehead atoms. The second-order valence-corrected chi connectivity index (χ2v) is 6.95. The molecule has 0 fully saturated rings. The Bertz CT molecular complexity index is 562. The zero-order valence-electron chi connectivity index (χ0n) is 8.64. The van der Waals surface area contributed by atoms with Crippen LogP contribution < -0.4 is 11.0 Å². The number of nitrogens with two attached hydrogens (primary N) is 1. The first-order valence-corrected chi connectivity index (χ1v) is 7.14. The van der Waals surface area contributed by atoms with E-state index in [9.17, 15) is 4.57 Å². The second-order valence-electron chi connectivity index (χ2n) is 3.81. The van der Waals surface area contributed by atoms with Crippen molar-refractivity contribution in [2.24, 2.45) is 0 Å². The first-order chi connectivity index (χ1) is 7.00. The lowest BCUT2D eigenvalue weighted by Crippen LogP contribution is -2.12. The van der Waals surface area contributed by atoms with Crippen LogP contribution in [-0.2, 0) is 4.57 Å². The molecule has 0 aliphatic carbocycles. The van der Waals surface area contributed by atoms with Crippen LogP contribution in [0.3, 0.4) is 0 Å². The number of aromatic nitrogens is 2. The minimum absolute atomic E-state index is 0.488. The summed E-state index contributed by atoms with van der Waals surface area (Å²) in [7, 11) is -2.39. The highest BCUT2D eigenvalue weighted by atomic mass is 31.2. The van der Waals surface area contributed by atoms with E-state index in [1.54, 1.807) is 38.0 Å². The molecular formula is C10H12N3OP. The molecule has 0 radical (unpaired) electrons. The molecule has 2 aromatic rings. The second kappa shape index (κ2) is 3.31. The molecule has 0 saturated heterocycles. The lowest BCUT2D eigenvalue weighted by atomic mass is 10.2. The third kappa shape index (κ3) is 1.73. The Morgan fingerprint density at radius 2 is 2.07 bits per heavy atom. The van der Waals surface area contributed by atoms with Crippen LogP contribution in [0.25, 0.3) is 10.9 Å². The smallest absolute Gasteiger partial charge is 0.112 e. The van der Waals surface area contributed by atoms with Crippen molar-refractivity contribution in [2.45, 2.75) is 0 Å². The van der Waals surface area contributed by atoms with Gasteiger partial charge in [-0.05, 0) is 19.4 Å². The van der Waals surface area contributed by atoms with Gasteiger partial charge in [-0.15, -0.1) is 0 Å². The minimum atomic E-state index is -2.39. The van der Waals surface area contributed by atoms with E-state index in [1.807, 2.05) is 0 Å². The highest BCUT2D eigenvalue weighted by Gasteiger charge is 2.18. The molecule has 0 spiro atoms. The molecule has 0 aliphatic rings. The van der Waals surface area contributed by atoms with E-state index in [4.69, 9.17) is 5.73 Å². The number of rotatable bonds is 1. The Morgan fingerprint density at radius 1 is 1.33 bits per heavy atom. The SMILES string of the molecule is CP(C)(=O)c1c(N)cnc2cnccc12. The van der Waals surface area contributed by atoms with Crippen molar-refractivity contribution < 1.29 is 4.57 Å². The summed E-state index contributed by atoms with van der Waals surface area (Å²) in [5.41, 5.74) is 7.03. The summed E-state index contributed by atoms with van der Waals surface area (Å²) in [5, 5.41) is 1.54. The predicted octanol–water partition coefficient (Wildman–Crippen LogP) is 1.46. The number of nitrogens with zero attached hydrogens (tertiary/aromatic N) is 2. The highest BCUT2D eigenvalue weighted by molar-refractivity contribution is 7.71. The van der Waals surface area contributed by atoms with Gasteiger partial charge in [-0.25, -0.2) is 0 Å². The van der Waals surface area contributed by atoms with Gasteiger partial charge in [0.05, 0.1) is 23.6 Å². The lowest BCUT2D eigenvalue weighted by Gasteiger charge is -2.12. The maximum atomic E-state index is 12.1. The lowest BCUT2D eigenvalue weighted by molar-refractivity contribution is 0.588. The normalized spacial score (nSPS) is 11.9. The molecule has 4 nitrogen and oxygen atoms in total. The Morgan fingerprint density at radius 3 is 2.73 bits per heavy atom. The van der Waals surface area contributed by atoms with Gasteiger partial charge in [-0.2, -0.15) is 0 Å².